The quantitative estimate of drug-likeness (QED) is 0.815. The number of rotatable bonds is 5. The summed E-state index contributed by atoms with van der Waals surface area (Å²) in [4.78, 5) is 13.9. The van der Waals surface area contributed by atoms with Gasteiger partial charge < -0.3 is 9.47 Å². The summed E-state index contributed by atoms with van der Waals surface area (Å²) < 4.78 is 10.7. The first-order valence-electron chi connectivity index (χ1n) is 6.66. The van der Waals surface area contributed by atoms with Crippen molar-refractivity contribution < 1.29 is 14.3 Å². The number of carbonyl (C=O) groups is 1. The van der Waals surface area contributed by atoms with Crippen LogP contribution >= 0.6 is 0 Å². The van der Waals surface area contributed by atoms with E-state index in [0.717, 1.165) is 37.6 Å². The van der Waals surface area contributed by atoms with Gasteiger partial charge in [-0.2, -0.15) is 0 Å². The molecule has 1 aliphatic heterocycles. The zero-order valence-corrected chi connectivity index (χ0v) is 11.6. The molecule has 0 spiro atoms. The van der Waals surface area contributed by atoms with Gasteiger partial charge in [-0.05, 0) is 24.6 Å². The third kappa shape index (κ3) is 3.78. The van der Waals surface area contributed by atoms with Crippen molar-refractivity contribution in [2.45, 2.75) is 19.4 Å². The lowest BCUT2D eigenvalue weighted by Crippen LogP contribution is -2.39. The van der Waals surface area contributed by atoms with Gasteiger partial charge in [0.25, 0.3) is 0 Å². The van der Waals surface area contributed by atoms with Gasteiger partial charge in [0.05, 0.1) is 20.3 Å². The highest BCUT2D eigenvalue weighted by Gasteiger charge is 2.24. The largest absolute Gasteiger partial charge is 0.497 e. The van der Waals surface area contributed by atoms with Gasteiger partial charge in [0, 0.05) is 25.6 Å². The van der Waals surface area contributed by atoms with Crippen molar-refractivity contribution in [2.75, 3.05) is 33.4 Å². The van der Waals surface area contributed by atoms with E-state index in [0.29, 0.717) is 6.42 Å². The summed E-state index contributed by atoms with van der Waals surface area (Å²) in [6.45, 7) is 4.86. The van der Waals surface area contributed by atoms with Crippen LogP contribution in [0, 0.1) is 0 Å². The second kappa shape index (κ2) is 6.68. The molecule has 19 heavy (non-hydrogen) atoms. The van der Waals surface area contributed by atoms with Gasteiger partial charge in [0.1, 0.15) is 11.5 Å². The molecule has 104 valence electrons. The third-order valence-electron chi connectivity index (χ3n) is 3.45. The van der Waals surface area contributed by atoms with E-state index in [2.05, 4.69) is 11.0 Å². The highest BCUT2D eigenvalue weighted by atomic mass is 16.5. The van der Waals surface area contributed by atoms with E-state index >= 15 is 0 Å². The number of ether oxygens (including phenoxy) is 2. The fourth-order valence-electron chi connectivity index (χ4n) is 2.47. The molecule has 4 heteroatoms. The van der Waals surface area contributed by atoms with Crippen LogP contribution in [0.15, 0.2) is 24.3 Å². The van der Waals surface area contributed by atoms with Crippen LogP contribution in [0.4, 0.5) is 0 Å². The topological polar surface area (TPSA) is 38.8 Å². The summed E-state index contributed by atoms with van der Waals surface area (Å²) >= 11 is 0. The van der Waals surface area contributed by atoms with Gasteiger partial charge in [-0.3, -0.25) is 9.69 Å². The van der Waals surface area contributed by atoms with Crippen molar-refractivity contribution in [1.82, 2.24) is 4.90 Å². The van der Waals surface area contributed by atoms with E-state index in [4.69, 9.17) is 9.47 Å². The van der Waals surface area contributed by atoms with Crippen LogP contribution in [0.3, 0.4) is 0 Å². The molecule has 1 aromatic carbocycles. The standard InChI is InChI=1S/C15H21NO3/c1-12(17)10-15(16-6-8-19-9-7-16)13-4-3-5-14(11-13)18-2/h3-5,11,15H,6-10H2,1-2H3. The van der Waals surface area contributed by atoms with Crippen molar-refractivity contribution in [1.29, 1.82) is 0 Å². The molecule has 0 amide bonds. The predicted molar refractivity (Wildman–Crippen MR) is 73.4 cm³/mol. The number of hydrogen-bond acceptors (Lipinski definition) is 4. The molecule has 0 radical (unpaired) electrons. The Labute approximate surface area is 114 Å². The summed E-state index contributed by atoms with van der Waals surface area (Å²) in [5, 5.41) is 0. The molecule has 1 aliphatic rings. The van der Waals surface area contributed by atoms with Crippen LogP contribution < -0.4 is 4.74 Å². The van der Waals surface area contributed by atoms with E-state index in [1.54, 1.807) is 14.0 Å². The number of methoxy groups -OCH3 is 1. The number of benzene rings is 1. The van der Waals surface area contributed by atoms with E-state index in [1.165, 1.54) is 0 Å². The summed E-state index contributed by atoms with van der Waals surface area (Å²) in [6.07, 6.45) is 0.535. The normalized spacial score (nSPS) is 18.0. The van der Waals surface area contributed by atoms with Gasteiger partial charge >= 0.3 is 0 Å². The van der Waals surface area contributed by atoms with Crippen molar-refractivity contribution in [3.63, 3.8) is 0 Å². The number of Topliss-reactive ketones (excluding diaryl/α,β-unsaturated/α-hetero) is 1. The van der Waals surface area contributed by atoms with Crippen molar-refractivity contribution in [2.24, 2.45) is 0 Å². The van der Waals surface area contributed by atoms with E-state index in [1.807, 2.05) is 18.2 Å². The average molecular weight is 263 g/mol. The van der Waals surface area contributed by atoms with Crippen LogP contribution in [-0.2, 0) is 9.53 Å². The van der Waals surface area contributed by atoms with Gasteiger partial charge in [-0.15, -0.1) is 0 Å². The molecule has 0 N–H and O–H groups in total. The number of nitrogens with zero attached hydrogens (tertiary/aromatic N) is 1. The van der Waals surface area contributed by atoms with Crippen molar-refractivity contribution in [3.05, 3.63) is 29.8 Å². The Morgan fingerprint density at radius 3 is 2.79 bits per heavy atom. The minimum absolute atomic E-state index is 0.122. The Morgan fingerprint density at radius 2 is 2.16 bits per heavy atom. The SMILES string of the molecule is COc1cccc(C(CC(C)=O)N2CCOCC2)c1. The van der Waals surface area contributed by atoms with E-state index in [9.17, 15) is 4.79 Å². The molecule has 0 bridgehead atoms. The van der Waals surface area contributed by atoms with Gasteiger partial charge in [-0.25, -0.2) is 0 Å². The summed E-state index contributed by atoms with van der Waals surface area (Å²) in [7, 11) is 1.66. The molecular formula is C15H21NO3. The average Bonchev–Trinajstić information content (AvgIpc) is 2.45. The fraction of sp³-hybridized carbons (Fsp3) is 0.533. The summed E-state index contributed by atoms with van der Waals surface area (Å²) in [6, 6.07) is 8.10. The van der Waals surface area contributed by atoms with Crippen LogP contribution in [0.25, 0.3) is 0 Å². The van der Waals surface area contributed by atoms with E-state index < -0.39 is 0 Å². The van der Waals surface area contributed by atoms with Crippen LogP contribution in [0.1, 0.15) is 24.9 Å². The first-order chi connectivity index (χ1) is 9.20. The highest BCUT2D eigenvalue weighted by molar-refractivity contribution is 5.76. The monoisotopic (exact) mass is 263 g/mol. The lowest BCUT2D eigenvalue weighted by atomic mass is 9.99. The molecule has 1 fully saturated rings. The third-order valence-corrected chi connectivity index (χ3v) is 3.45. The second-order valence-electron chi connectivity index (χ2n) is 4.85. The van der Waals surface area contributed by atoms with Gasteiger partial charge in [-0.1, -0.05) is 12.1 Å². The van der Waals surface area contributed by atoms with Crippen LogP contribution in [0.5, 0.6) is 5.75 Å². The molecule has 0 aromatic heterocycles. The molecule has 0 aliphatic carbocycles. The first-order valence-corrected chi connectivity index (χ1v) is 6.66. The minimum atomic E-state index is 0.122. The second-order valence-corrected chi connectivity index (χ2v) is 4.85. The number of hydrogen-bond donors (Lipinski definition) is 0. The molecule has 2 rings (SSSR count). The molecule has 1 saturated heterocycles. The maximum absolute atomic E-state index is 11.5. The Morgan fingerprint density at radius 1 is 1.42 bits per heavy atom. The molecule has 1 heterocycles. The maximum atomic E-state index is 11.5. The first kappa shape index (κ1) is 14.0. The maximum Gasteiger partial charge on any atom is 0.131 e. The van der Waals surface area contributed by atoms with Gasteiger partial charge in [0.15, 0.2) is 0 Å². The molecule has 1 unspecified atom stereocenters. The summed E-state index contributed by atoms with van der Waals surface area (Å²) in [5.41, 5.74) is 1.14. The lowest BCUT2D eigenvalue weighted by Gasteiger charge is -2.34. The molecule has 0 saturated carbocycles. The number of carbonyl (C=O) groups excluding carboxylic acids is 1. The number of morpholine rings is 1. The Balaban J connectivity index is 2.21. The lowest BCUT2D eigenvalue weighted by molar-refractivity contribution is -0.118. The molecular weight excluding hydrogens is 242 g/mol. The van der Waals surface area contributed by atoms with Crippen LogP contribution in [0.2, 0.25) is 0 Å². The van der Waals surface area contributed by atoms with Crippen molar-refractivity contribution in [3.8, 4) is 5.75 Å². The Hall–Kier alpha value is -1.39. The zero-order valence-electron chi connectivity index (χ0n) is 11.6. The Bertz CT molecular complexity index is 427. The fourth-order valence-corrected chi connectivity index (χ4v) is 2.47. The Kier molecular flexibility index (Phi) is 4.93. The molecule has 4 nitrogen and oxygen atoms in total. The summed E-state index contributed by atoms with van der Waals surface area (Å²) in [5.74, 6) is 1.04. The van der Waals surface area contributed by atoms with Gasteiger partial charge in [0.2, 0.25) is 0 Å². The number of ketones is 1. The smallest absolute Gasteiger partial charge is 0.131 e. The molecule has 1 atom stereocenters. The van der Waals surface area contributed by atoms with Crippen LogP contribution in [-0.4, -0.2) is 44.1 Å². The minimum Gasteiger partial charge on any atom is -0.497 e. The molecule has 1 aromatic rings. The van der Waals surface area contributed by atoms with E-state index in [-0.39, 0.29) is 11.8 Å². The predicted octanol–water partition coefficient (Wildman–Crippen LogP) is 2.05. The zero-order chi connectivity index (χ0) is 13.7. The van der Waals surface area contributed by atoms with Crippen molar-refractivity contribution >= 4 is 5.78 Å². The highest BCUT2D eigenvalue weighted by Crippen LogP contribution is 2.28.